The van der Waals surface area contributed by atoms with Crippen LogP contribution in [0, 0.1) is 5.92 Å². The van der Waals surface area contributed by atoms with Crippen molar-refractivity contribution in [2.45, 2.75) is 64.2 Å². The van der Waals surface area contributed by atoms with Crippen LogP contribution in [0.2, 0.25) is 0 Å². The highest BCUT2D eigenvalue weighted by Gasteiger charge is 2.32. The van der Waals surface area contributed by atoms with Gasteiger partial charge < -0.3 is 37.0 Å². The third-order valence-corrected chi connectivity index (χ3v) is 5.21. The summed E-state index contributed by atoms with van der Waals surface area (Å²) in [5, 5.41) is 34.9. The minimum absolute atomic E-state index is 0.0170. The number of phenols is 1. The van der Waals surface area contributed by atoms with Gasteiger partial charge in [-0.15, -0.1) is 0 Å². The van der Waals surface area contributed by atoms with E-state index in [0.29, 0.717) is 12.0 Å². The van der Waals surface area contributed by atoms with E-state index >= 15 is 0 Å². The normalized spacial score (nSPS) is 15.2. The van der Waals surface area contributed by atoms with Gasteiger partial charge in [-0.3, -0.25) is 19.2 Å². The van der Waals surface area contributed by atoms with Crippen LogP contribution in [-0.4, -0.2) is 69.1 Å². The lowest BCUT2D eigenvalue weighted by atomic mass is 9.96. The number of benzene rings is 1. The van der Waals surface area contributed by atoms with Gasteiger partial charge in [0.2, 0.25) is 17.7 Å². The summed E-state index contributed by atoms with van der Waals surface area (Å²) in [6.45, 7) is 5.00. The Kier molecular flexibility index (Phi) is 11.0. The number of aromatic hydroxyl groups is 1. The summed E-state index contributed by atoms with van der Waals surface area (Å²) in [6.07, 6.45) is -0.432. The first-order chi connectivity index (χ1) is 15.8. The molecule has 0 fully saturated rings. The Morgan fingerprint density at radius 3 is 1.91 bits per heavy atom. The van der Waals surface area contributed by atoms with Gasteiger partial charge in [-0.05, 0) is 30.5 Å². The molecule has 8 N–H and O–H groups in total. The number of rotatable bonds is 13. The molecule has 0 saturated carbocycles. The maximum absolute atomic E-state index is 13.1. The molecule has 5 atom stereocenters. The molecule has 1 rings (SSSR count). The van der Waals surface area contributed by atoms with Crippen molar-refractivity contribution in [1.29, 1.82) is 0 Å². The van der Waals surface area contributed by atoms with Crippen LogP contribution in [0.4, 0.5) is 0 Å². The Labute approximate surface area is 196 Å². The topological polar surface area (TPSA) is 208 Å². The van der Waals surface area contributed by atoms with Crippen molar-refractivity contribution in [2.75, 3.05) is 0 Å². The monoisotopic (exact) mass is 480 g/mol. The number of carboxylic acids is 2. The highest BCUT2D eigenvalue weighted by atomic mass is 16.4. The number of aliphatic carboxylic acids is 2. The van der Waals surface area contributed by atoms with E-state index in [-0.39, 0.29) is 18.1 Å². The van der Waals surface area contributed by atoms with Crippen molar-refractivity contribution < 1.29 is 39.3 Å². The summed E-state index contributed by atoms with van der Waals surface area (Å²) in [5.74, 6) is -5.49. The number of carbonyl (C=O) groups excluding carboxylic acids is 3. The van der Waals surface area contributed by atoms with Crippen LogP contribution in [0.5, 0.6) is 5.75 Å². The fourth-order valence-corrected chi connectivity index (χ4v) is 2.97. The van der Waals surface area contributed by atoms with Crippen molar-refractivity contribution >= 4 is 29.7 Å². The number of carbonyl (C=O) groups is 5. The average molecular weight is 481 g/mol. The van der Waals surface area contributed by atoms with Gasteiger partial charge >= 0.3 is 11.9 Å². The second-order valence-corrected chi connectivity index (χ2v) is 8.09. The quantitative estimate of drug-likeness (QED) is 0.191. The summed E-state index contributed by atoms with van der Waals surface area (Å²) in [4.78, 5) is 60.4. The third-order valence-electron chi connectivity index (χ3n) is 5.21. The van der Waals surface area contributed by atoms with Crippen molar-refractivity contribution in [2.24, 2.45) is 11.7 Å². The third kappa shape index (κ3) is 9.06. The molecular formula is C22H32N4O8. The second kappa shape index (κ2) is 13.1. The van der Waals surface area contributed by atoms with Gasteiger partial charge in [0.15, 0.2) is 0 Å². The van der Waals surface area contributed by atoms with E-state index in [9.17, 15) is 34.2 Å². The molecule has 3 amide bonds. The molecule has 34 heavy (non-hydrogen) atoms. The van der Waals surface area contributed by atoms with Crippen LogP contribution < -0.4 is 21.7 Å². The Balaban J connectivity index is 3.18. The molecule has 12 nitrogen and oxygen atoms in total. The van der Waals surface area contributed by atoms with Crippen LogP contribution in [0.15, 0.2) is 24.3 Å². The number of carboxylic acid groups (broad SMARTS) is 2. The number of amides is 3. The molecule has 12 heteroatoms. The van der Waals surface area contributed by atoms with Gasteiger partial charge in [-0.2, -0.15) is 0 Å². The van der Waals surface area contributed by atoms with Crippen molar-refractivity contribution in [3.05, 3.63) is 29.8 Å². The van der Waals surface area contributed by atoms with E-state index < -0.39 is 60.2 Å². The van der Waals surface area contributed by atoms with Crippen molar-refractivity contribution in [3.63, 3.8) is 0 Å². The molecule has 1 aromatic rings. The summed E-state index contributed by atoms with van der Waals surface area (Å²) >= 11 is 0. The minimum Gasteiger partial charge on any atom is -0.508 e. The Morgan fingerprint density at radius 2 is 1.44 bits per heavy atom. The van der Waals surface area contributed by atoms with Crippen LogP contribution in [-0.2, 0) is 30.4 Å². The molecule has 5 unspecified atom stereocenters. The molecule has 1 aromatic carbocycles. The number of nitrogens with one attached hydrogen (secondary N) is 3. The summed E-state index contributed by atoms with van der Waals surface area (Å²) in [5.41, 5.74) is 6.11. The zero-order chi connectivity index (χ0) is 26.0. The zero-order valence-electron chi connectivity index (χ0n) is 19.3. The highest BCUT2D eigenvalue weighted by Crippen LogP contribution is 2.13. The summed E-state index contributed by atoms with van der Waals surface area (Å²) in [7, 11) is 0. The smallest absolute Gasteiger partial charge is 0.326 e. The van der Waals surface area contributed by atoms with Gasteiger partial charge in [-0.1, -0.05) is 32.4 Å². The molecule has 0 aliphatic carbocycles. The van der Waals surface area contributed by atoms with E-state index in [4.69, 9.17) is 10.8 Å². The summed E-state index contributed by atoms with van der Waals surface area (Å²) in [6, 6.07) is 0.868. The maximum atomic E-state index is 13.1. The first kappa shape index (κ1) is 28.4. The SMILES string of the molecule is CCC(C)C(NC(=O)C(C)N)C(=O)NC(Cc1ccc(O)cc1)C(=O)NC(CC(=O)O)C(=O)O. The van der Waals surface area contributed by atoms with Gasteiger partial charge in [0, 0.05) is 6.42 Å². The van der Waals surface area contributed by atoms with Crippen LogP contribution in [0.3, 0.4) is 0 Å². The van der Waals surface area contributed by atoms with E-state index in [1.807, 2.05) is 6.92 Å². The maximum Gasteiger partial charge on any atom is 0.326 e. The lowest BCUT2D eigenvalue weighted by Gasteiger charge is -2.27. The van der Waals surface area contributed by atoms with E-state index in [2.05, 4.69) is 16.0 Å². The first-order valence-electron chi connectivity index (χ1n) is 10.7. The number of nitrogens with two attached hydrogens (primary N) is 1. The Bertz CT molecular complexity index is 887. The number of hydrogen-bond donors (Lipinski definition) is 7. The van der Waals surface area contributed by atoms with E-state index in [1.165, 1.54) is 31.2 Å². The lowest BCUT2D eigenvalue weighted by Crippen LogP contribution is -2.59. The predicted octanol–water partition coefficient (Wildman–Crippen LogP) is -0.658. The molecule has 0 spiro atoms. The molecule has 0 aromatic heterocycles. The molecular weight excluding hydrogens is 448 g/mol. The van der Waals surface area contributed by atoms with E-state index in [1.54, 1.807) is 6.92 Å². The van der Waals surface area contributed by atoms with Gasteiger partial charge in [0.1, 0.15) is 23.9 Å². The molecule has 188 valence electrons. The molecule has 0 aliphatic rings. The minimum atomic E-state index is -1.72. The largest absolute Gasteiger partial charge is 0.508 e. The van der Waals surface area contributed by atoms with Crippen molar-refractivity contribution in [1.82, 2.24) is 16.0 Å². The Hall–Kier alpha value is -3.67. The number of hydrogen-bond acceptors (Lipinski definition) is 7. The predicted molar refractivity (Wildman–Crippen MR) is 121 cm³/mol. The zero-order valence-corrected chi connectivity index (χ0v) is 19.3. The average Bonchev–Trinajstić information content (AvgIpc) is 2.76. The highest BCUT2D eigenvalue weighted by molar-refractivity contribution is 5.94. The number of phenolic OH excluding ortho intramolecular Hbond substituents is 1. The van der Waals surface area contributed by atoms with Gasteiger partial charge in [-0.25, -0.2) is 4.79 Å². The fourth-order valence-electron chi connectivity index (χ4n) is 2.97. The van der Waals surface area contributed by atoms with Gasteiger partial charge in [0.25, 0.3) is 0 Å². The fraction of sp³-hybridized carbons (Fsp3) is 0.500. The van der Waals surface area contributed by atoms with Crippen LogP contribution in [0.1, 0.15) is 39.2 Å². The second-order valence-electron chi connectivity index (χ2n) is 8.09. The summed E-state index contributed by atoms with van der Waals surface area (Å²) < 4.78 is 0. The standard InChI is InChI=1S/C22H32N4O8/c1-4-11(2)18(26-19(30)12(3)23)21(32)24-15(9-13-5-7-14(27)8-6-13)20(31)25-16(22(33)34)10-17(28)29/h5-8,11-12,15-16,18,27H,4,9-10,23H2,1-3H3,(H,24,32)(H,25,31)(H,26,30)(H,28,29)(H,33,34). The van der Waals surface area contributed by atoms with Crippen LogP contribution >= 0.6 is 0 Å². The first-order valence-corrected chi connectivity index (χ1v) is 10.7. The molecule has 0 saturated heterocycles. The molecule has 0 radical (unpaired) electrons. The lowest BCUT2D eigenvalue weighted by molar-refractivity contribution is -0.147. The Morgan fingerprint density at radius 1 is 0.882 bits per heavy atom. The van der Waals surface area contributed by atoms with Gasteiger partial charge in [0.05, 0.1) is 12.5 Å². The van der Waals surface area contributed by atoms with E-state index in [0.717, 1.165) is 0 Å². The molecule has 0 aliphatic heterocycles. The molecule has 0 bridgehead atoms. The van der Waals surface area contributed by atoms with Crippen LogP contribution in [0.25, 0.3) is 0 Å². The molecule has 0 heterocycles. The van der Waals surface area contributed by atoms with Crippen molar-refractivity contribution in [3.8, 4) is 5.75 Å².